The van der Waals surface area contributed by atoms with Crippen molar-refractivity contribution < 1.29 is 4.79 Å². The van der Waals surface area contributed by atoms with E-state index < -0.39 is 5.54 Å². The van der Waals surface area contributed by atoms with E-state index in [2.05, 4.69) is 16.6 Å². The van der Waals surface area contributed by atoms with Crippen LogP contribution in [0, 0.1) is 0 Å². The van der Waals surface area contributed by atoms with Gasteiger partial charge in [0.2, 0.25) is 5.78 Å². The average molecular weight is 262 g/mol. The minimum absolute atomic E-state index is 0.166. The molecule has 20 heavy (non-hydrogen) atoms. The average Bonchev–Trinajstić information content (AvgIpc) is 2.84. The van der Waals surface area contributed by atoms with Gasteiger partial charge in [0.05, 0.1) is 5.36 Å². The van der Waals surface area contributed by atoms with E-state index in [1.54, 1.807) is 24.4 Å². The third-order valence-electron chi connectivity index (χ3n) is 3.51. The molecule has 2 aromatic rings. The van der Waals surface area contributed by atoms with Crippen molar-refractivity contribution in [3.05, 3.63) is 77.1 Å². The van der Waals surface area contributed by atoms with Crippen LogP contribution in [0.4, 0.5) is 0 Å². The second kappa shape index (κ2) is 4.53. The number of fused-ring (bicyclic) bond motifs is 1. The lowest BCUT2D eigenvalue weighted by Gasteiger charge is -2.20. The van der Waals surface area contributed by atoms with Gasteiger partial charge in [-0.3, -0.25) is 14.8 Å². The van der Waals surface area contributed by atoms with E-state index in [-0.39, 0.29) is 5.78 Å². The van der Waals surface area contributed by atoms with Crippen LogP contribution in [0.5, 0.6) is 0 Å². The Kier molecular flexibility index (Phi) is 2.83. The first-order chi connectivity index (χ1) is 9.60. The topological polar surface area (TPSA) is 42.3 Å². The molecule has 3 rings (SSSR count). The number of hydrogen-bond donors (Lipinski definition) is 0. The third-order valence-corrected chi connectivity index (χ3v) is 3.51. The number of hydrogen-bond acceptors (Lipinski definition) is 3. The molecule has 2 heterocycles. The summed E-state index contributed by atoms with van der Waals surface area (Å²) in [6.45, 7) is 5.85. The Balaban J connectivity index is 2.00. The van der Waals surface area contributed by atoms with Crippen molar-refractivity contribution >= 4 is 11.9 Å². The minimum atomic E-state index is -0.696. The largest absolute Gasteiger partial charge is 0.287 e. The SMILES string of the molecule is C=C(C(=O)c1ccccn1)C1(C)C=c2ccccc2=N1. The fourth-order valence-corrected chi connectivity index (χ4v) is 2.33. The van der Waals surface area contributed by atoms with Crippen LogP contribution in [0.2, 0.25) is 0 Å². The number of pyridine rings is 1. The number of ketones is 1. The van der Waals surface area contributed by atoms with Gasteiger partial charge in [-0.15, -0.1) is 0 Å². The molecule has 1 aromatic carbocycles. The number of para-hydroxylation sites is 1. The molecule has 0 amide bonds. The minimum Gasteiger partial charge on any atom is -0.287 e. The first kappa shape index (κ1) is 12.5. The molecule has 1 aliphatic rings. The summed E-state index contributed by atoms with van der Waals surface area (Å²) in [7, 11) is 0. The monoisotopic (exact) mass is 262 g/mol. The van der Waals surface area contributed by atoms with E-state index >= 15 is 0 Å². The Labute approximate surface area is 117 Å². The Morgan fingerprint density at radius 2 is 1.90 bits per heavy atom. The van der Waals surface area contributed by atoms with Gasteiger partial charge in [0, 0.05) is 11.8 Å². The molecule has 0 saturated carbocycles. The maximum Gasteiger partial charge on any atom is 0.209 e. The van der Waals surface area contributed by atoms with Crippen LogP contribution in [-0.4, -0.2) is 16.3 Å². The lowest BCUT2D eigenvalue weighted by atomic mass is 9.89. The quantitative estimate of drug-likeness (QED) is 0.624. The molecule has 0 radical (unpaired) electrons. The first-order valence-electron chi connectivity index (χ1n) is 6.43. The van der Waals surface area contributed by atoms with Crippen molar-refractivity contribution in [3.8, 4) is 0 Å². The molecule has 1 unspecified atom stereocenters. The van der Waals surface area contributed by atoms with Gasteiger partial charge in [-0.2, -0.15) is 0 Å². The molecule has 1 atom stereocenters. The van der Waals surface area contributed by atoms with Crippen LogP contribution < -0.4 is 10.6 Å². The molecule has 0 aliphatic carbocycles. The standard InChI is InChI=1S/C17H14N2O/c1-12(16(20)15-9-5-6-10-18-15)17(2)11-13-7-3-4-8-14(13)19-17/h3-11H,1H2,2H3. The molecule has 0 bridgehead atoms. The molecule has 3 heteroatoms. The zero-order valence-electron chi connectivity index (χ0n) is 11.2. The second-order valence-electron chi connectivity index (χ2n) is 4.99. The number of carbonyl (C=O) groups is 1. The van der Waals surface area contributed by atoms with E-state index in [4.69, 9.17) is 0 Å². The number of Topliss-reactive ketones (excluding diaryl/α,β-unsaturated/α-hetero) is 1. The van der Waals surface area contributed by atoms with Crippen LogP contribution in [0.1, 0.15) is 17.4 Å². The highest BCUT2D eigenvalue weighted by Gasteiger charge is 2.32. The number of aromatic nitrogens is 1. The summed E-state index contributed by atoms with van der Waals surface area (Å²) in [4.78, 5) is 21.2. The number of carbonyl (C=O) groups excluding carboxylic acids is 1. The summed E-state index contributed by atoms with van der Waals surface area (Å²) in [5.41, 5.74) is 0.142. The Bertz CT molecular complexity index is 771. The van der Waals surface area contributed by atoms with E-state index in [0.717, 1.165) is 10.6 Å². The van der Waals surface area contributed by atoms with E-state index in [1.807, 2.05) is 37.3 Å². The summed E-state index contributed by atoms with van der Waals surface area (Å²) in [5, 5.41) is 1.93. The van der Waals surface area contributed by atoms with Crippen molar-refractivity contribution in [2.45, 2.75) is 12.5 Å². The van der Waals surface area contributed by atoms with Crippen molar-refractivity contribution in [2.75, 3.05) is 0 Å². The van der Waals surface area contributed by atoms with E-state index in [0.29, 0.717) is 11.3 Å². The van der Waals surface area contributed by atoms with Gasteiger partial charge in [0.25, 0.3) is 0 Å². The summed E-state index contributed by atoms with van der Waals surface area (Å²) in [6, 6.07) is 13.1. The smallest absolute Gasteiger partial charge is 0.209 e. The highest BCUT2D eigenvalue weighted by Crippen LogP contribution is 2.25. The number of nitrogens with zero attached hydrogens (tertiary/aromatic N) is 2. The molecule has 0 fully saturated rings. The normalized spacial score (nSPS) is 19.6. The third kappa shape index (κ3) is 1.97. The second-order valence-corrected chi connectivity index (χ2v) is 4.99. The predicted octanol–water partition coefficient (Wildman–Crippen LogP) is 1.69. The van der Waals surface area contributed by atoms with E-state index in [1.165, 1.54) is 0 Å². The van der Waals surface area contributed by atoms with Crippen molar-refractivity contribution in [2.24, 2.45) is 4.99 Å². The lowest BCUT2D eigenvalue weighted by Crippen LogP contribution is -2.26. The fraction of sp³-hybridized carbons (Fsp3) is 0.118. The van der Waals surface area contributed by atoms with Gasteiger partial charge in [-0.05, 0) is 36.4 Å². The van der Waals surface area contributed by atoms with Crippen LogP contribution in [-0.2, 0) is 0 Å². The molecule has 1 aromatic heterocycles. The van der Waals surface area contributed by atoms with Gasteiger partial charge in [0.1, 0.15) is 11.2 Å². The summed E-state index contributed by atoms with van der Waals surface area (Å²) in [6.07, 6.45) is 3.58. The first-order valence-corrected chi connectivity index (χ1v) is 6.43. The van der Waals surface area contributed by atoms with Gasteiger partial charge < -0.3 is 0 Å². The Morgan fingerprint density at radius 1 is 1.15 bits per heavy atom. The summed E-state index contributed by atoms with van der Waals surface area (Å²) < 4.78 is 0. The van der Waals surface area contributed by atoms with Gasteiger partial charge in [-0.25, -0.2) is 0 Å². The van der Waals surface area contributed by atoms with Crippen LogP contribution >= 0.6 is 0 Å². The molecule has 98 valence electrons. The highest BCUT2D eigenvalue weighted by atomic mass is 16.1. The molecule has 0 saturated heterocycles. The fourth-order valence-electron chi connectivity index (χ4n) is 2.33. The van der Waals surface area contributed by atoms with E-state index in [9.17, 15) is 4.79 Å². The highest BCUT2D eigenvalue weighted by molar-refractivity contribution is 6.09. The van der Waals surface area contributed by atoms with Crippen molar-refractivity contribution in [1.29, 1.82) is 0 Å². The molecule has 0 spiro atoms. The number of benzene rings is 1. The zero-order chi connectivity index (χ0) is 14.2. The molecular formula is C17H14N2O. The Hall–Kier alpha value is -2.55. The lowest BCUT2D eigenvalue weighted by molar-refractivity contribution is 0.102. The molecule has 3 nitrogen and oxygen atoms in total. The maximum atomic E-state index is 12.4. The number of rotatable bonds is 3. The van der Waals surface area contributed by atoms with Gasteiger partial charge >= 0.3 is 0 Å². The predicted molar refractivity (Wildman–Crippen MR) is 77.8 cm³/mol. The van der Waals surface area contributed by atoms with Crippen LogP contribution in [0.25, 0.3) is 6.08 Å². The van der Waals surface area contributed by atoms with Crippen LogP contribution in [0.3, 0.4) is 0 Å². The summed E-state index contributed by atoms with van der Waals surface area (Å²) >= 11 is 0. The van der Waals surface area contributed by atoms with Gasteiger partial charge in [0.15, 0.2) is 0 Å². The molecule has 0 N–H and O–H groups in total. The van der Waals surface area contributed by atoms with Crippen molar-refractivity contribution in [1.82, 2.24) is 4.98 Å². The zero-order valence-corrected chi connectivity index (χ0v) is 11.2. The molecule has 1 aliphatic heterocycles. The molecular weight excluding hydrogens is 248 g/mol. The van der Waals surface area contributed by atoms with Gasteiger partial charge in [-0.1, -0.05) is 30.8 Å². The Morgan fingerprint density at radius 3 is 2.60 bits per heavy atom. The summed E-state index contributed by atoms with van der Waals surface area (Å²) in [5.74, 6) is -0.166. The van der Waals surface area contributed by atoms with Crippen LogP contribution in [0.15, 0.2) is 65.8 Å². The maximum absolute atomic E-state index is 12.4. The van der Waals surface area contributed by atoms with Crippen molar-refractivity contribution in [3.63, 3.8) is 0 Å².